The summed E-state index contributed by atoms with van der Waals surface area (Å²) in [5, 5.41) is 8.81. The van der Waals surface area contributed by atoms with Gasteiger partial charge in [0, 0.05) is 55.8 Å². The summed E-state index contributed by atoms with van der Waals surface area (Å²) < 4.78 is 1.96. The van der Waals surface area contributed by atoms with Gasteiger partial charge in [0.2, 0.25) is 5.91 Å². The van der Waals surface area contributed by atoms with E-state index in [-0.39, 0.29) is 5.92 Å². The smallest absolute Gasteiger partial charge is 0.229 e. The molecule has 3 aliphatic heterocycles. The number of hydrogen-bond donors (Lipinski definition) is 1. The number of aromatic nitrogens is 3. The van der Waals surface area contributed by atoms with Crippen molar-refractivity contribution in [1.29, 1.82) is 0 Å². The summed E-state index contributed by atoms with van der Waals surface area (Å²) in [7, 11) is 0. The van der Waals surface area contributed by atoms with Crippen molar-refractivity contribution in [1.82, 2.24) is 24.8 Å². The number of nitrogens with one attached hydrogen (secondary N) is 1. The van der Waals surface area contributed by atoms with Crippen molar-refractivity contribution in [3.8, 4) is 0 Å². The molecule has 0 atom stereocenters. The number of hydrogen-bond acceptors (Lipinski definition) is 5. The Balaban J connectivity index is 1.13. The topological polar surface area (TPSA) is 65.8 Å². The van der Waals surface area contributed by atoms with Crippen LogP contribution >= 0.6 is 11.6 Å². The van der Waals surface area contributed by atoms with Crippen LogP contribution in [0.5, 0.6) is 0 Å². The molecule has 33 heavy (non-hydrogen) atoms. The second-order valence-electron chi connectivity index (χ2n) is 9.47. The monoisotopic (exact) mass is 464 g/mol. The Hall–Kier alpha value is -2.64. The fourth-order valence-electron chi connectivity index (χ4n) is 5.60. The molecular weight excluding hydrogens is 436 g/mol. The molecule has 8 heteroatoms. The van der Waals surface area contributed by atoms with E-state index in [1.165, 1.54) is 16.8 Å². The van der Waals surface area contributed by atoms with Gasteiger partial charge in [0.15, 0.2) is 5.65 Å². The molecular formula is C25H29ClN6O. The minimum atomic E-state index is 0.0612. The standard InChI is InChI=1S/C25H29ClN6O/c26-20-3-1-2-18(14-20)17-7-12-30(13-8-17)25(33)19-15-31(16-19)24-21-4-9-27-10-5-22(21)29-23-6-11-28-32(23)24/h1-3,6,11,14,17,19,27H,4-5,7-10,12-13,15-16H2. The minimum absolute atomic E-state index is 0.0612. The van der Waals surface area contributed by atoms with E-state index < -0.39 is 0 Å². The Morgan fingerprint density at radius 1 is 1.09 bits per heavy atom. The Morgan fingerprint density at radius 2 is 1.91 bits per heavy atom. The van der Waals surface area contributed by atoms with E-state index in [2.05, 4.69) is 32.3 Å². The number of halogens is 1. The summed E-state index contributed by atoms with van der Waals surface area (Å²) in [6.45, 7) is 5.07. The van der Waals surface area contributed by atoms with Gasteiger partial charge in [-0.3, -0.25) is 4.79 Å². The van der Waals surface area contributed by atoms with E-state index >= 15 is 0 Å². The Labute approximate surface area is 198 Å². The number of rotatable bonds is 3. The zero-order valence-corrected chi connectivity index (χ0v) is 19.5. The number of likely N-dealkylation sites (tertiary alicyclic amines) is 1. The van der Waals surface area contributed by atoms with E-state index in [9.17, 15) is 4.79 Å². The maximum absolute atomic E-state index is 13.2. The van der Waals surface area contributed by atoms with Crippen molar-refractivity contribution in [2.45, 2.75) is 31.6 Å². The molecule has 2 fully saturated rings. The third-order valence-electron chi connectivity index (χ3n) is 7.44. The van der Waals surface area contributed by atoms with Crippen LogP contribution in [0.15, 0.2) is 36.5 Å². The Morgan fingerprint density at radius 3 is 2.73 bits per heavy atom. The summed E-state index contributed by atoms with van der Waals surface area (Å²) in [6, 6.07) is 10.1. The predicted molar refractivity (Wildman–Crippen MR) is 129 cm³/mol. The SMILES string of the molecule is O=C(C1CN(c2c3c(nc4ccnn24)CCNCC3)C1)N1CCC(c2cccc(Cl)c2)CC1. The number of anilines is 1. The van der Waals surface area contributed by atoms with Crippen molar-refractivity contribution >= 4 is 29.0 Å². The van der Waals surface area contributed by atoms with Gasteiger partial charge in [0.25, 0.3) is 0 Å². The molecule has 3 aliphatic rings. The van der Waals surface area contributed by atoms with Gasteiger partial charge >= 0.3 is 0 Å². The summed E-state index contributed by atoms with van der Waals surface area (Å²) in [5.41, 5.74) is 4.63. The van der Waals surface area contributed by atoms with Gasteiger partial charge in [0.05, 0.1) is 17.8 Å². The zero-order valence-electron chi connectivity index (χ0n) is 18.7. The first-order valence-electron chi connectivity index (χ1n) is 12.0. The third kappa shape index (κ3) is 3.87. The van der Waals surface area contributed by atoms with E-state index in [0.29, 0.717) is 11.8 Å². The van der Waals surface area contributed by atoms with Gasteiger partial charge in [-0.1, -0.05) is 23.7 Å². The van der Waals surface area contributed by atoms with Crippen molar-refractivity contribution in [3.05, 3.63) is 58.4 Å². The first-order valence-corrected chi connectivity index (χ1v) is 12.4. The highest BCUT2D eigenvalue weighted by atomic mass is 35.5. The normalized spacial score (nSPS) is 19.9. The van der Waals surface area contributed by atoms with Crippen LogP contribution in [0.25, 0.3) is 5.65 Å². The van der Waals surface area contributed by atoms with E-state index in [0.717, 1.165) is 81.4 Å². The highest BCUT2D eigenvalue weighted by molar-refractivity contribution is 6.30. The summed E-state index contributed by atoms with van der Waals surface area (Å²) in [6.07, 6.45) is 5.69. The lowest BCUT2D eigenvalue weighted by atomic mass is 9.88. The van der Waals surface area contributed by atoms with Crippen LogP contribution in [0.3, 0.4) is 0 Å². The predicted octanol–water partition coefficient (Wildman–Crippen LogP) is 2.91. The van der Waals surface area contributed by atoms with Gasteiger partial charge < -0.3 is 15.1 Å². The molecule has 7 nitrogen and oxygen atoms in total. The molecule has 3 aromatic rings. The van der Waals surface area contributed by atoms with E-state index in [1.807, 2.05) is 28.9 Å². The van der Waals surface area contributed by atoms with Crippen molar-refractivity contribution in [3.63, 3.8) is 0 Å². The molecule has 0 spiro atoms. The molecule has 0 bridgehead atoms. The van der Waals surface area contributed by atoms with Crippen molar-refractivity contribution < 1.29 is 4.79 Å². The lowest BCUT2D eigenvalue weighted by Crippen LogP contribution is -2.56. The quantitative estimate of drug-likeness (QED) is 0.645. The number of benzene rings is 1. The molecule has 1 amide bonds. The number of carbonyl (C=O) groups excluding carboxylic acids is 1. The van der Waals surface area contributed by atoms with Crippen molar-refractivity contribution in [2.24, 2.45) is 5.92 Å². The molecule has 2 saturated heterocycles. The van der Waals surface area contributed by atoms with Gasteiger partial charge in [0.1, 0.15) is 5.82 Å². The van der Waals surface area contributed by atoms with Crippen LogP contribution in [-0.2, 0) is 17.6 Å². The molecule has 0 radical (unpaired) electrons. The maximum atomic E-state index is 13.2. The second-order valence-corrected chi connectivity index (χ2v) is 9.90. The number of amides is 1. The summed E-state index contributed by atoms with van der Waals surface area (Å²) >= 11 is 6.17. The third-order valence-corrected chi connectivity index (χ3v) is 7.67. The number of carbonyl (C=O) groups is 1. The van der Waals surface area contributed by atoms with Gasteiger partial charge in [-0.05, 0) is 49.4 Å². The fraction of sp³-hybridized carbons (Fsp3) is 0.480. The largest absolute Gasteiger partial charge is 0.354 e. The molecule has 5 heterocycles. The average molecular weight is 465 g/mol. The molecule has 0 aliphatic carbocycles. The molecule has 172 valence electrons. The first kappa shape index (κ1) is 20.9. The zero-order chi connectivity index (χ0) is 22.4. The van der Waals surface area contributed by atoms with Crippen molar-refractivity contribution in [2.75, 3.05) is 44.2 Å². The second kappa shape index (κ2) is 8.61. The molecule has 1 N–H and O–H groups in total. The lowest BCUT2D eigenvalue weighted by Gasteiger charge is -2.44. The summed E-state index contributed by atoms with van der Waals surface area (Å²) in [5.74, 6) is 1.98. The first-order chi connectivity index (χ1) is 16.2. The highest BCUT2D eigenvalue weighted by Gasteiger charge is 2.39. The molecule has 0 saturated carbocycles. The number of fused-ring (bicyclic) bond motifs is 2. The molecule has 0 unspecified atom stereocenters. The van der Waals surface area contributed by atoms with Gasteiger partial charge in [-0.2, -0.15) is 9.61 Å². The minimum Gasteiger partial charge on any atom is -0.354 e. The highest BCUT2D eigenvalue weighted by Crippen LogP contribution is 2.34. The van der Waals surface area contributed by atoms with E-state index in [1.54, 1.807) is 0 Å². The number of nitrogens with zero attached hydrogens (tertiary/aromatic N) is 5. The van der Waals surface area contributed by atoms with Crippen LogP contribution in [0, 0.1) is 5.92 Å². The average Bonchev–Trinajstić information content (AvgIpc) is 3.14. The Kier molecular flexibility index (Phi) is 5.46. The van der Waals surface area contributed by atoms with Gasteiger partial charge in [-0.15, -0.1) is 0 Å². The molecule has 1 aromatic carbocycles. The fourth-order valence-corrected chi connectivity index (χ4v) is 5.80. The van der Waals surface area contributed by atoms with Crippen LogP contribution in [0.1, 0.15) is 35.6 Å². The summed E-state index contributed by atoms with van der Waals surface area (Å²) in [4.78, 5) is 22.5. The Bertz CT molecular complexity index is 1180. The van der Waals surface area contributed by atoms with Crippen LogP contribution in [0.2, 0.25) is 5.02 Å². The van der Waals surface area contributed by atoms with Crippen LogP contribution < -0.4 is 10.2 Å². The van der Waals surface area contributed by atoms with Crippen LogP contribution in [0.4, 0.5) is 5.82 Å². The maximum Gasteiger partial charge on any atom is 0.229 e. The molecule has 6 rings (SSSR count). The number of piperidine rings is 1. The van der Waals surface area contributed by atoms with Gasteiger partial charge in [-0.25, -0.2) is 4.98 Å². The van der Waals surface area contributed by atoms with Crippen LogP contribution in [-0.4, -0.2) is 64.7 Å². The molecule has 2 aromatic heterocycles. The van der Waals surface area contributed by atoms with E-state index in [4.69, 9.17) is 16.6 Å². The lowest BCUT2D eigenvalue weighted by molar-refractivity contribution is -0.137.